The molecule has 2 aromatic rings. The summed E-state index contributed by atoms with van der Waals surface area (Å²) in [5, 5.41) is 9.96. The van der Waals surface area contributed by atoms with Gasteiger partial charge in [0.15, 0.2) is 0 Å². The number of anilines is 1. The number of pyridine rings is 1. The Labute approximate surface area is 130 Å². The van der Waals surface area contributed by atoms with Crippen molar-refractivity contribution >= 4 is 22.6 Å². The molecule has 0 spiro atoms. The van der Waals surface area contributed by atoms with E-state index in [-0.39, 0.29) is 5.69 Å². The SMILES string of the molecule is CC/C=C(C)/C=C\N(C)c1cccc2nc(C(=O)O)ccc12. The highest BCUT2D eigenvalue weighted by molar-refractivity contribution is 5.95. The molecular weight excluding hydrogens is 276 g/mol. The summed E-state index contributed by atoms with van der Waals surface area (Å²) in [6.45, 7) is 4.18. The number of hydrogen-bond donors (Lipinski definition) is 1. The van der Waals surface area contributed by atoms with Crippen LogP contribution in [0.4, 0.5) is 5.69 Å². The third-order valence-electron chi connectivity index (χ3n) is 3.40. The molecule has 1 aromatic heterocycles. The van der Waals surface area contributed by atoms with E-state index in [4.69, 9.17) is 5.11 Å². The maximum Gasteiger partial charge on any atom is 0.354 e. The summed E-state index contributed by atoms with van der Waals surface area (Å²) in [4.78, 5) is 17.2. The second-order valence-corrected chi connectivity index (χ2v) is 5.13. The van der Waals surface area contributed by atoms with Gasteiger partial charge in [-0.25, -0.2) is 9.78 Å². The van der Waals surface area contributed by atoms with Crippen LogP contribution in [0, 0.1) is 0 Å². The first-order valence-corrected chi connectivity index (χ1v) is 7.23. The molecule has 0 saturated carbocycles. The van der Waals surface area contributed by atoms with Crippen molar-refractivity contribution < 1.29 is 9.90 Å². The van der Waals surface area contributed by atoms with E-state index >= 15 is 0 Å². The fourth-order valence-corrected chi connectivity index (χ4v) is 2.27. The molecule has 1 N–H and O–H groups in total. The second-order valence-electron chi connectivity index (χ2n) is 5.13. The Hall–Kier alpha value is -2.62. The molecule has 0 atom stereocenters. The molecule has 0 radical (unpaired) electrons. The van der Waals surface area contributed by atoms with Crippen LogP contribution in [0.25, 0.3) is 10.9 Å². The van der Waals surface area contributed by atoms with E-state index in [0.717, 1.165) is 17.5 Å². The fraction of sp³-hybridized carbons (Fsp3) is 0.222. The maximum atomic E-state index is 11.0. The van der Waals surface area contributed by atoms with Crippen molar-refractivity contribution in [3.63, 3.8) is 0 Å². The molecule has 0 aliphatic rings. The predicted molar refractivity (Wildman–Crippen MR) is 90.3 cm³/mol. The van der Waals surface area contributed by atoms with Crippen molar-refractivity contribution in [3.8, 4) is 0 Å². The lowest BCUT2D eigenvalue weighted by molar-refractivity contribution is 0.0691. The van der Waals surface area contributed by atoms with Crippen LogP contribution >= 0.6 is 0 Å². The highest BCUT2D eigenvalue weighted by atomic mass is 16.4. The first kappa shape index (κ1) is 15.8. The second kappa shape index (κ2) is 6.89. The van der Waals surface area contributed by atoms with E-state index in [1.165, 1.54) is 11.6 Å². The summed E-state index contributed by atoms with van der Waals surface area (Å²) in [7, 11) is 1.97. The van der Waals surface area contributed by atoms with Crippen LogP contribution in [0.1, 0.15) is 30.8 Å². The van der Waals surface area contributed by atoms with Gasteiger partial charge in [0.1, 0.15) is 5.69 Å². The maximum absolute atomic E-state index is 11.0. The summed E-state index contributed by atoms with van der Waals surface area (Å²) < 4.78 is 0. The van der Waals surface area contributed by atoms with Crippen molar-refractivity contribution in [2.75, 3.05) is 11.9 Å². The number of benzene rings is 1. The predicted octanol–water partition coefficient (Wildman–Crippen LogP) is 4.24. The third-order valence-corrected chi connectivity index (χ3v) is 3.40. The monoisotopic (exact) mass is 296 g/mol. The Morgan fingerprint density at radius 3 is 2.77 bits per heavy atom. The minimum absolute atomic E-state index is 0.0598. The molecule has 2 rings (SSSR count). The molecule has 0 aliphatic heterocycles. The number of aromatic nitrogens is 1. The molecule has 22 heavy (non-hydrogen) atoms. The molecule has 4 heteroatoms. The van der Waals surface area contributed by atoms with Gasteiger partial charge in [0.2, 0.25) is 0 Å². The van der Waals surface area contributed by atoms with Gasteiger partial charge in [-0.15, -0.1) is 0 Å². The first-order chi connectivity index (χ1) is 10.5. The summed E-state index contributed by atoms with van der Waals surface area (Å²) in [5.74, 6) is -1.01. The largest absolute Gasteiger partial charge is 0.477 e. The number of rotatable bonds is 5. The van der Waals surface area contributed by atoms with Gasteiger partial charge >= 0.3 is 5.97 Å². The van der Waals surface area contributed by atoms with Crippen LogP contribution in [0.5, 0.6) is 0 Å². The minimum Gasteiger partial charge on any atom is -0.477 e. The standard InChI is InChI=1S/C18H20N2O2/c1-4-6-13(2)11-12-20(3)17-8-5-7-15-14(17)9-10-16(19-15)18(21)22/h5-12H,4H2,1-3H3,(H,21,22)/b12-11-,13-6+. The summed E-state index contributed by atoms with van der Waals surface area (Å²) in [5.41, 5.74) is 2.94. The van der Waals surface area contributed by atoms with Crippen LogP contribution in [0.2, 0.25) is 0 Å². The Morgan fingerprint density at radius 2 is 2.09 bits per heavy atom. The number of nitrogens with zero attached hydrogens (tertiary/aromatic N) is 2. The van der Waals surface area contributed by atoms with Crippen LogP contribution in [-0.2, 0) is 0 Å². The number of fused-ring (bicyclic) bond motifs is 1. The van der Waals surface area contributed by atoms with Gasteiger partial charge in [-0.05, 0) is 43.7 Å². The molecule has 0 bridgehead atoms. The summed E-state index contributed by atoms with van der Waals surface area (Å²) >= 11 is 0. The van der Waals surface area contributed by atoms with E-state index in [9.17, 15) is 4.79 Å². The van der Waals surface area contributed by atoms with Gasteiger partial charge in [-0.2, -0.15) is 0 Å². The van der Waals surface area contributed by atoms with E-state index in [1.54, 1.807) is 6.07 Å². The molecule has 4 nitrogen and oxygen atoms in total. The van der Waals surface area contributed by atoms with Crippen molar-refractivity contribution in [1.29, 1.82) is 0 Å². The third kappa shape index (κ3) is 3.52. The minimum atomic E-state index is -1.01. The lowest BCUT2D eigenvalue weighted by Gasteiger charge is -2.16. The number of carboxylic acid groups (broad SMARTS) is 1. The molecular formula is C18H20N2O2. The van der Waals surface area contributed by atoms with Crippen molar-refractivity contribution in [2.45, 2.75) is 20.3 Å². The van der Waals surface area contributed by atoms with Crippen LogP contribution in [-0.4, -0.2) is 23.1 Å². The van der Waals surface area contributed by atoms with E-state index in [2.05, 4.69) is 31.0 Å². The molecule has 0 unspecified atom stereocenters. The zero-order chi connectivity index (χ0) is 16.1. The van der Waals surface area contributed by atoms with Crippen molar-refractivity contribution in [3.05, 3.63) is 60.0 Å². The van der Waals surface area contributed by atoms with Gasteiger partial charge in [-0.1, -0.05) is 24.6 Å². The zero-order valence-electron chi connectivity index (χ0n) is 13.1. The smallest absolute Gasteiger partial charge is 0.354 e. The number of carbonyl (C=O) groups is 1. The molecule has 0 fully saturated rings. The van der Waals surface area contributed by atoms with Gasteiger partial charge in [-0.3, -0.25) is 0 Å². The average molecular weight is 296 g/mol. The number of carboxylic acids is 1. The lowest BCUT2D eigenvalue weighted by atomic mass is 10.1. The molecule has 0 amide bonds. The lowest BCUT2D eigenvalue weighted by Crippen LogP contribution is -2.09. The highest BCUT2D eigenvalue weighted by Gasteiger charge is 2.09. The molecule has 114 valence electrons. The number of aromatic carboxylic acids is 1. The van der Waals surface area contributed by atoms with Gasteiger partial charge in [0.25, 0.3) is 0 Å². The Morgan fingerprint density at radius 1 is 1.32 bits per heavy atom. The van der Waals surface area contributed by atoms with Gasteiger partial charge in [0, 0.05) is 24.3 Å². The quantitative estimate of drug-likeness (QED) is 0.838. The Kier molecular flexibility index (Phi) is 4.94. The van der Waals surface area contributed by atoms with Crippen LogP contribution < -0.4 is 4.90 Å². The average Bonchev–Trinajstić information content (AvgIpc) is 2.51. The van der Waals surface area contributed by atoms with Crippen LogP contribution in [0.3, 0.4) is 0 Å². The van der Waals surface area contributed by atoms with E-state index in [1.807, 2.05) is 36.3 Å². The van der Waals surface area contributed by atoms with E-state index in [0.29, 0.717) is 5.52 Å². The topological polar surface area (TPSA) is 53.4 Å². The number of hydrogen-bond acceptors (Lipinski definition) is 3. The normalized spacial score (nSPS) is 12.0. The van der Waals surface area contributed by atoms with Crippen LogP contribution in [0.15, 0.2) is 54.3 Å². The van der Waals surface area contributed by atoms with Gasteiger partial charge in [0.05, 0.1) is 5.52 Å². The summed E-state index contributed by atoms with van der Waals surface area (Å²) in [6.07, 6.45) is 7.23. The molecule has 0 aliphatic carbocycles. The Bertz CT molecular complexity index is 748. The van der Waals surface area contributed by atoms with Gasteiger partial charge < -0.3 is 10.0 Å². The fourth-order valence-electron chi connectivity index (χ4n) is 2.27. The Balaban J connectivity index is 2.39. The van der Waals surface area contributed by atoms with Crippen molar-refractivity contribution in [1.82, 2.24) is 4.98 Å². The van der Waals surface area contributed by atoms with Crippen molar-refractivity contribution in [2.24, 2.45) is 0 Å². The summed E-state index contributed by atoms with van der Waals surface area (Å²) in [6, 6.07) is 9.04. The van der Waals surface area contributed by atoms with E-state index < -0.39 is 5.97 Å². The molecule has 1 aromatic carbocycles. The zero-order valence-corrected chi connectivity index (χ0v) is 13.1. The first-order valence-electron chi connectivity index (χ1n) is 7.23. The molecule has 0 saturated heterocycles. The molecule has 1 heterocycles. The highest BCUT2D eigenvalue weighted by Crippen LogP contribution is 2.25. The number of allylic oxidation sites excluding steroid dienone is 3.